The van der Waals surface area contributed by atoms with E-state index in [4.69, 9.17) is 5.73 Å². The van der Waals surface area contributed by atoms with E-state index >= 15 is 0 Å². The summed E-state index contributed by atoms with van der Waals surface area (Å²) in [7, 11) is 0. The van der Waals surface area contributed by atoms with Gasteiger partial charge in [-0.3, -0.25) is 0 Å². The van der Waals surface area contributed by atoms with Crippen LogP contribution in [0.15, 0.2) is 12.7 Å². The molecule has 0 bridgehead atoms. The highest BCUT2D eigenvalue weighted by molar-refractivity contribution is 4.88. The first-order valence-electron chi connectivity index (χ1n) is 5.14. The van der Waals surface area contributed by atoms with Gasteiger partial charge in [-0.15, -0.1) is 6.58 Å². The van der Waals surface area contributed by atoms with E-state index in [1.54, 1.807) is 0 Å². The molecular formula is C11H21N. The lowest BCUT2D eigenvalue weighted by Gasteiger charge is -2.30. The molecule has 2 atom stereocenters. The molecule has 0 heterocycles. The molecule has 0 radical (unpaired) electrons. The van der Waals surface area contributed by atoms with Crippen molar-refractivity contribution in [1.82, 2.24) is 0 Å². The fourth-order valence-electron chi connectivity index (χ4n) is 2.11. The Balaban J connectivity index is 2.38. The molecule has 1 nitrogen and oxygen atoms in total. The van der Waals surface area contributed by atoms with Gasteiger partial charge in [0.1, 0.15) is 0 Å². The summed E-state index contributed by atoms with van der Waals surface area (Å²) in [6, 6.07) is 0.350. The molecule has 2 N–H and O–H groups in total. The van der Waals surface area contributed by atoms with E-state index in [2.05, 4.69) is 13.5 Å². The number of rotatable bonds is 3. The zero-order valence-electron chi connectivity index (χ0n) is 8.13. The van der Waals surface area contributed by atoms with E-state index in [-0.39, 0.29) is 0 Å². The van der Waals surface area contributed by atoms with Crippen molar-refractivity contribution in [2.24, 2.45) is 17.6 Å². The third-order valence-electron chi connectivity index (χ3n) is 3.17. The Kier molecular flexibility index (Phi) is 3.80. The van der Waals surface area contributed by atoms with E-state index < -0.39 is 0 Å². The van der Waals surface area contributed by atoms with Crippen LogP contribution < -0.4 is 5.73 Å². The highest BCUT2D eigenvalue weighted by atomic mass is 14.7. The number of hydrogen-bond donors (Lipinski definition) is 1. The predicted molar refractivity (Wildman–Crippen MR) is 53.9 cm³/mol. The predicted octanol–water partition coefficient (Wildman–Crippen LogP) is 2.72. The Morgan fingerprint density at radius 3 is 2.42 bits per heavy atom. The second-order valence-corrected chi connectivity index (χ2v) is 4.07. The average molecular weight is 167 g/mol. The summed E-state index contributed by atoms with van der Waals surface area (Å²) in [5.74, 6) is 1.24. The molecule has 1 saturated carbocycles. The largest absolute Gasteiger partial charge is 0.327 e. The number of hydrogen-bond acceptors (Lipinski definition) is 1. The normalized spacial score (nSPS) is 24.8. The molecule has 0 aromatic rings. The monoisotopic (exact) mass is 167 g/mol. The van der Waals surface area contributed by atoms with Crippen LogP contribution in [0.5, 0.6) is 0 Å². The first-order valence-corrected chi connectivity index (χ1v) is 5.14. The maximum atomic E-state index is 6.13. The van der Waals surface area contributed by atoms with Gasteiger partial charge in [0.05, 0.1) is 0 Å². The summed E-state index contributed by atoms with van der Waals surface area (Å²) in [5, 5.41) is 0. The topological polar surface area (TPSA) is 26.0 Å². The van der Waals surface area contributed by atoms with Crippen LogP contribution in [-0.2, 0) is 0 Å². The van der Waals surface area contributed by atoms with Crippen LogP contribution in [0.2, 0.25) is 0 Å². The van der Waals surface area contributed by atoms with Gasteiger partial charge < -0.3 is 5.73 Å². The van der Waals surface area contributed by atoms with Crippen LogP contribution in [0.25, 0.3) is 0 Å². The highest BCUT2D eigenvalue weighted by Gasteiger charge is 2.22. The molecule has 1 fully saturated rings. The molecule has 1 heteroatoms. The van der Waals surface area contributed by atoms with Gasteiger partial charge in [0.25, 0.3) is 0 Å². The molecule has 0 amide bonds. The van der Waals surface area contributed by atoms with Gasteiger partial charge >= 0.3 is 0 Å². The van der Waals surface area contributed by atoms with E-state index in [0.717, 1.165) is 5.92 Å². The lowest BCUT2D eigenvalue weighted by molar-refractivity contribution is 0.274. The van der Waals surface area contributed by atoms with Crippen LogP contribution in [0.1, 0.15) is 39.0 Å². The standard InChI is InChI=1S/C11H21N/c1-3-9(2)11(12)10-7-5-4-6-8-10/h3,9-11H,1,4-8,12H2,2H3. The van der Waals surface area contributed by atoms with Gasteiger partial charge in [-0.2, -0.15) is 0 Å². The smallest absolute Gasteiger partial charge is 0.0128 e. The SMILES string of the molecule is C=CC(C)C(N)C1CCCCC1. The van der Waals surface area contributed by atoms with Crippen LogP contribution >= 0.6 is 0 Å². The van der Waals surface area contributed by atoms with Crippen LogP contribution in [0.4, 0.5) is 0 Å². The molecule has 1 aliphatic rings. The Morgan fingerprint density at radius 2 is 1.92 bits per heavy atom. The third-order valence-corrected chi connectivity index (χ3v) is 3.17. The zero-order valence-corrected chi connectivity index (χ0v) is 8.13. The van der Waals surface area contributed by atoms with E-state index in [1.165, 1.54) is 32.1 Å². The molecule has 0 aliphatic heterocycles. The maximum Gasteiger partial charge on any atom is 0.0128 e. The van der Waals surface area contributed by atoms with Gasteiger partial charge in [0.15, 0.2) is 0 Å². The molecule has 0 aromatic heterocycles. The first kappa shape index (κ1) is 9.79. The molecule has 12 heavy (non-hydrogen) atoms. The van der Waals surface area contributed by atoms with Crippen LogP contribution in [-0.4, -0.2) is 6.04 Å². The molecule has 0 saturated heterocycles. The van der Waals surface area contributed by atoms with E-state index in [9.17, 15) is 0 Å². The van der Waals surface area contributed by atoms with Gasteiger partial charge in [-0.05, 0) is 24.7 Å². The summed E-state index contributed by atoms with van der Waals surface area (Å²) < 4.78 is 0. The fourth-order valence-corrected chi connectivity index (χ4v) is 2.11. The molecule has 0 aromatic carbocycles. The van der Waals surface area contributed by atoms with Crippen LogP contribution in [0.3, 0.4) is 0 Å². The third kappa shape index (κ3) is 2.34. The summed E-state index contributed by atoms with van der Waals surface area (Å²) in [6.45, 7) is 5.97. The average Bonchev–Trinajstić information content (AvgIpc) is 2.17. The minimum absolute atomic E-state index is 0.350. The van der Waals surface area contributed by atoms with Gasteiger partial charge in [0, 0.05) is 6.04 Å². The molecular weight excluding hydrogens is 146 g/mol. The van der Waals surface area contributed by atoms with Crippen molar-refractivity contribution >= 4 is 0 Å². The number of nitrogens with two attached hydrogens (primary N) is 1. The summed E-state index contributed by atoms with van der Waals surface area (Å²) in [4.78, 5) is 0. The van der Waals surface area contributed by atoms with Crippen molar-refractivity contribution in [1.29, 1.82) is 0 Å². The zero-order chi connectivity index (χ0) is 8.97. The Hall–Kier alpha value is -0.300. The van der Waals surface area contributed by atoms with Crippen molar-refractivity contribution in [3.8, 4) is 0 Å². The summed E-state index contributed by atoms with van der Waals surface area (Å²) in [5.41, 5.74) is 6.13. The minimum atomic E-state index is 0.350. The Bertz CT molecular complexity index is 136. The van der Waals surface area contributed by atoms with Crippen molar-refractivity contribution in [2.45, 2.75) is 45.1 Å². The van der Waals surface area contributed by atoms with E-state index in [1.807, 2.05) is 6.08 Å². The fraction of sp³-hybridized carbons (Fsp3) is 0.818. The van der Waals surface area contributed by atoms with Crippen molar-refractivity contribution in [3.63, 3.8) is 0 Å². The van der Waals surface area contributed by atoms with Gasteiger partial charge in [-0.25, -0.2) is 0 Å². The van der Waals surface area contributed by atoms with Gasteiger partial charge in [0.2, 0.25) is 0 Å². The summed E-state index contributed by atoms with van der Waals surface area (Å²) >= 11 is 0. The lowest BCUT2D eigenvalue weighted by atomic mass is 9.80. The quantitative estimate of drug-likeness (QED) is 0.643. The van der Waals surface area contributed by atoms with Gasteiger partial charge in [-0.1, -0.05) is 32.3 Å². The first-order chi connectivity index (χ1) is 5.75. The van der Waals surface area contributed by atoms with Crippen molar-refractivity contribution in [3.05, 3.63) is 12.7 Å². The van der Waals surface area contributed by atoms with Crippen LogP contribution in [0, 0.1) is 11.8 Å². The molecule has 0 spiro atoms. The lowest BCUT2D eigenvalue weighted by Crippen LogP contribution is -2.36. The second kappa shape index (κ2) is 4.66. The molecule has 2 unspecified atom stereocenters. The highest BCUT2D eigenvalue weighted by Crippen LogP contribution is 2.28. The molecule has 1 aliphatic carbocycles. The summed E-state index contributed by atoms with van der Waals surface area (Å²) in [6.07, 6.45) is 8.81. The Morgan fingerprint density at radius 1 is 1.33 bits per heavy atom. The molecule has 1 rings (SSSR count). The second-order valence-electron chi connectivity index (χ2n) is 4.07. The van der Waals surface area contributed by atoms with E-state index in [0.29, 0.717) is 12.0 Å². The molecule has 70 valence electrons. The minimum Gasteiger partial charge on any atom is -0.327 e. The van der Waals surface area contributed by atoms with Crippen molar-refractivity contribution < 1.29 is 0 Å². The van der Waals surface area contributed by atoms with Crippen molar-refractivity contribution in [2.75, 3.05) is 0 Å². The Labute approximate surface area is 76.0 Å². The maximum absolute atomic E-state index is 6.13.